The van der Waals surface area contributed by atoms with Crippen molar-refractivity contribution in [3.63, 3.8) is 0 Å². The summed E-state index contributed by atoms with van der Waals surface area (Å²) in [5, 5.41) is 0. The van der Waals surface area contributed by atoms with Gasteiger partial charge in [-0.3, -0.25) is 0 Å². The van der Waals surface area contributed by atoms with Gasteiger partial charge in [0.1, 0.15) is 10.6 Å². The van der Waals surface area contributed by atoms with Crippen molar-refractivity contribution in [2.24, 2.45) is 0 Å². The topological polar surface area (TPSA) is 55.8 Å². The molecule has 1 rings (SSSR count). The predicted octanol–water partition coefficient (Wildman–Crippen LogP) is 2.09. The molecule has 1 aromatic carbocycles. The van der Waals surface area contributed by atoms with Gasteiger partial charge in [-0.2, -0.15) is 4.31 Å². The van der Waals surface area contributed by atoms with E-state index >= 15 is 0 Å². The molecule has 1 aromatic rings. The minimum Gasteiger partial charge on any atom is -0.495 e. The number of rotatable bonds is 8. The molecule has 114 valence electrons. The molecule has 0 bridgehead atoms. The van der Waals surface area contributed by atoms with E-state index in [-0.39, 0.29) is 11.4 Å². The van der Waals surface area contributed by atoms with E-state index in [2.05, 4.69) is 0 Å². The minimum atomic E-state index is -3.60. The summed E-state index contributed by atoms with van der Waals surface area (Å²) in [5.74, 6) is 0.600. The first-order valence-electron chi connectivity index (χ1n) is 6.24. The third-order valence-electron chi connectivity index (χ3n) is 2.83. The Bertz CT molecular complexity index is 533. The normalized spacial score (nSPS) is 11.8. The van der Waals surface area contributed by atoms with E-state index < -0.39 is 10.0 Å². The Morgan fingerprint density at radius 2 is 2.05 bits per heavy atom. The SMILES string of the molecule is CCOCCN(C)S(=O)(=O)c1ccc(CCl)cc1OC. The molecule has 0 aromatic heterocycles. The van der Waals surface area contributed by atoms with Crippen molar-refractivity contribution in [3.05, 3.63) is 23.8 Å². The highest BCUT2D eigenvalue weighted by Gasteiger charge is 2.24. The van der Waals surface area contributed by atoms with Crippen molar-refractivity contribution >= 4 is 21.6 Å². The van der Waals surface area contributed by atoms with Crippen molar-refractivity contribution in [2.45, 2.75) is 17.7 Å². The van der Waals surface area contributed by atoms with Crippen molar-refractivity contribution in [3.8, 4) is 5.75 Å². The molecule has 0 heterocycles. The van der Waals surface area contributed by atoms with Crippen LogP contribution in [0.3, 0.4) is 0 Å². The molecule has 0 spiro atoms. The monoisotopic (exact) mass is 321 g/mol. The number of nitrogens with zero attached hydrogens (tertiary/aromatic N) is 1. The summed E-state index contributed by atoms with van der Waals surface area (Å²) in [7, 11) is -0.648. The fraction of sp³-hybridized carbons (Fsp3) is 0.538. The molecule has 20 heavy (non-hydrogen) atoms. The minimum absolute atomic E-state index is 0.132. The maximum Gasteiger partial charge on any atom is 0.246 e. The molecular weight excluding hydrogens is 302 g/mol. The van der Waals surface area contributed by atoms with Gasteiger partial charge in [0, 0.05) is 26.1 Å². The molecule has 0 radical (unpaired) electrons. The molecule has 0 atom stereocenters. The fourth-order valence-electron chi connectivity index (χ4n) is 1.63. The second-order valence-electron chi connectivity index (χ2n) is 4.14. The highest BCUT2D eigenvalue weighted by molar-refractivity contribution is 7.89. The van der Waals surface area contributed by atoms with Crippen molar-refractivity contribution in [1.82, 2.24) is 4.31 Å². The molecule has 0 saturated carbocycles. The van der Waals surface area contributed by atoms with Crippen LogP contribution in [0, 0.1) is 0 Å². The van der Waals surface area contributed by atoms with E-state index in [0.29, 0.717) is 24.8 Å². The highest BCUT2D eigenvalue weighted by Crippen LogP contribution is 2.27. The lowest BCUT2D eigenvalue weighted by atomic mass is 10.2. The first-order chi connectivity index (χ1) is 9.47. The number of methoxy groups -OCH3 is 1. The fourth-order valence-corrected chi connectivity index (χ4v) is 3.09. The van der Waals surface area contributed by atoms with E-state index in [4.69, 9.17) is 21.1 Å². The molecule has 0 aliphatic rings. The standard InChI is InChI=1S/C13H20ClNO4S/c1-4-19-8-7-15(2)20(16,17)13-6-5-11(10-14)9-12(13)18-3/h5-6,9H,4,7-8,10H2,1-3H3. The third-order valence-corrected chi connectivity index (χ3v) is 5.03. The Kier molecular flexibility index (Phi) is 6.75. The number of hydrogen-bond acceptors (Lipinski definition) is 4. The summed E-state index contributed by atoms with van der Waals surface area (Å²) >= 11 is 5.74. The van der Waals surface area contributed by atoms with E-state index in [1.807, 2.05) is 6.92 Å². The van der Waals surface area contributed by atoms with E-state index in [1.165, 1.54) is 24.5 Å². The van der Waals surface area contributed by atoms with Gasteiger partial charge in [0.25, 0.3) is 0 Å². The van der Waals surface area contributed by atoms with Crippen LogP contribution >= 0.6 is 11.6 Å². The zero-order valence-electron chi connectivity index (χ0n) is 11.9. The first kappa shape index (κ1) is 17.2. The van der Waals surface area contributed by atoms with Crippen molar-refractivity contribution < 1.29 is 17.9 Å². The molecule has 0 N–H and O–H groups in total. The van der Waals surface area contributed by atoms with Crippen LogP contribution in [0.15, 0.2) is 23.1 Å². The molecule has 0 aliphatic carbocycles. The van der Waals surface area contributed by atoms with Crippen LogP contribution in [0.2, 0.25) is 0 Å². The Morgan fingerprint density at radius 1 is 1.35 bits per heavy atom. The largest absolute Gasteiger partial charge is 0.495 e. The van der Waals surface area contributed by atoms with Crippen LogP contribution in [0.25, 0.3) is 0 Å². The second kappa shape index (κ2) is 7.83. The summed E-state index contributed by atoms with van der Waals surface area (Å²) in [6.07, 6.45) is 0. The average molecular weight is 322 g/mol. The quantitative estimate of drug-likeness (QED) is 0.543. The molecule has 0 saturated heterocycles. The summed E-state index contributed by atoms with van der Waals surface area (Å²) in [4.78, 5) is 0.132. The molecule has 5 nitrogen and oxygen atoms in total. The molecule has 7 heteroatoms. The highest BCUT2D eigenvalue weighted by atomic mass is 35.5. The smallest absolute Gasteiger partial charge is 0.246 e. The van der Waals surface area contributed by atoms with E-state index in [9.17, 15) is 8.42 Å². The molecule has 0 aliphatic heterocycles. The van der Waals surface area contributed by atoms with Crippen LogP contribution < -0.4 is 4.74 Å². The van der Waals surface area contributed by atoms with Crippen LogP contribution in [-0.4, -0.2) is 46.6 Å². The van der Waals surface area contributed by atoms with Crippen LogP contribution in [0.5, 0.6) is 5.75 Å². The van der Waals surface area contributed by atoms with Gasteiger partial charge in [-0.25, -0.2) is 8.42 Å². The Hall–Kier alpha value is -0.820. The summed E-state index contributed by atoms with van der Waals surface area (Å²) in [6, 6.07) is 4.83. The van der Waals surface area contributed by atoms with Crippen LogP contribution in [0.1, 0.15) is 12.5 Å². The zero-order chi connectivity index (χ0) is 15.2. The van der Waals surface area contributed by atoms with Crippen LogP contribution in [0.4, 0.5) is 0 Å². The molecule has 0 unspecified atom stereocenters. The first-order valence-corrected chi connectivity index (χ1v) is 8.21. The van der Waals surface area contributed by atoms with Gasteiger partial charge in [-0.05, 0) is 24.6 Å². The molecule has 0 fully saturated rings. The lowest BCUT2D eigenvalue weighted by molar-refractivity contribution is 0.138. The zero-order valence-corrected chi connectivity index (χ0v) is 13.5. The number of likely N-dealkylation sites (N-methyl/N-ethyl adjacent to an activating group) is 1. The number of alkyl halides is 1. The molecule has 0 amide bonds. The van der Waals surface area contributed by atoms with Gasteiger partial charge < -0.3 is 9.47 Å². The Morgan fingerprint density at radius 3 is 2.60 bits per heavy atom. The lowest BCUT2D eigenvalue weighted by Gasteiger charge is -2.19. The number of ether oxygens (including phenoxy) is 2. The number of benzene rings is 1. The Labute approximate surface area is 125 Å². The van der Waals surface area contributed by atoms with Crippen molar-refractivity contribution in [1.29, 1.82) is 0 Å². The van der Waals surface area contributed by atoms with Gasteiger partial charge >= 0.3 is 0 Å². The third kappa shape index (κ3) is 4.09. The molecular formula is C13H20ClNO4S. The number of halogens is 1. The second-order valence-corrected chi connectivity index (χ2v) is 6.42. The number of sulfonamides is 1. The summed E-state index contributed by atoms with van der Waals surface area (Å²) in [6.45, 7) is 3.06. The lowest BCUT2D eigenvalue weighted by Crippen LogP contribution is -2.30. The van der Waals surface area contributed by atoms with Gasteiger partial charge in [0.2, 0.25) is 10.0 Å². The Balaban J connectivity index is 3.02. The van der Waals surface area contributed by atoms with Crippen molar-refractivity contribution in [2.75, 3.05) is 33.9 Å². The van der Waals surface area contributed by atoms with Gasteiger partial charge in [0.05, 0.1) is 13.7 Å². The summed E-state index contributed by atoms with van der Waals surface area (Å²) < 4.78 is 36.5. The average Bonchev–Trinajstić information content (AvgIpc) is 2.46. The maximum atomic E-state index is 12.5. The predicted molar refractivity (Wildman–Crippen MR) is 78.9 cm³/mol. The van der Waals surface area contributed by atoms with E-state index in [1.54, 1.807) is 12.1 Å². The van der Waals surface area contributed by atoms with Gasteiger partial charge in [-0.15, -0.1) is 11.6 Å². The van der Waals surface area contributed by atoms with Crippen LogP contribution in [-0.2, 0) is 20.6 Å². The summed E-state index contributed by atoms with van der Waals surface area (Å²) in [5.41, 5.74) is 0.805. The number of hydrogen-bond donors (Lipinski definition) is 0. The maximum absolute atomic E-state index is 12.5. The van der Waals surface area contributed by atoms with E-state index in [0.717, 1.165) is 5.56 Å². The van der Waals surface area contributed by atoms with Gasteiger partial charge in [0.15, 0.2) is 0 Å². The van der Waals surface area contributed by atoms with Gasteiger partial charge in [-0.1, -0.05) is 6.07 Å².